The van der Waals surface area contributed by atoms with Crippen molar-refractivity contribution in [2.75, 3.05) is 20.2 Å². The Balaban J connectivity index is 2.33. The predicted octanol–water partition coefficient (Wildman–Crippen LogP) is 3.67. The molecule has 1 aromatic carbocycles. The molecule has 1 aliphatic carbocycles. The maximum Gasteiger partial charge on any atom is 0.313 e. The second kappa shape index (κ2) is 8.14. The van der Waals surface area contributed by atoms with Crippen LogP contribution in [0.15, 0.2) is 42.5 Å². The molecule has 0 aromatic heterocycles. The lowest BCUT2D eigenvalue weighted by molar-refractivity contribution is -0.158. The van der Waals surface area contributed by atoms with Crippen molar-refractivity contribution in [3.8, 4) is 0 Å². The summed E-state index contributed by atoms with van der Waals surface area (Å²) in [6.45, 7) is 3.25. The number of allylic oxidation sites excluding steroid dienone is 2. The van der Waals surface area contributed by atoms with Gasteiger partial charge in [0, 0.05) is 5.92 Å². The van der Waals surface area contributed by atoms with Crippen LogP contribution in [0.25, 0.3) is 0 Å². The molecule has 0 fully saturated rings. The van der Waals surface area contributed by atoms with Gasteiger partial charge in [0.05, 0.1) is 12.0 Å². The largest absolute Gasteiger partial charge is 0.466 e. The number of hydrogen-bond donors (Lipinski definition) is 1. The van der Waals surface area contributed by atoms with Crippen LogP contribution >= 0.6 is 0 Å². The first-order valence-electron chi connectivity index (χ1n) is 8.26. The summed E-state index contributed by atoms with van der Waals surface area (Å²) in [5, 5.41) is 3.18. The van der Waals surface area contributed by atoms with Gasteiger partial charge < -0.3 is 10.1 Å². The molecule has 2 rings (SSSR count). The minimum Gasteiger partial charge on any atom is -0.466 e. The van der Waals surface area contributed by atoms with Crippen LogP contribution in [0.4, 0.5) is 0 Å². The number of nitrogens with one attached hydrogen (secondary N) is 1. The van der Waals surface area contributed by atoms with Crippen LogP contribution in [0.5, 0.6) is 0 Å². The summed E-state index contributed by atoms with van der Waals surface area (Å²) in [5.74, 6) is 0.166. The van der Waals surface area contributed by atoms with Gasteiger partial charge >= 0.3 is 5.97 Å². The molecule has 0 saturated carbocycles. The summed E-state index contributed by atoms with van der Waals surface area (Å²) < 4.78 is 5.47. The third-order valence-electron chi connectivity index (χ3n) is 4.62. The zero-order valence-electron chi connectivity index (χ0n) is 13.7. The first-order valence-corrected chi connectivity index (χ1v) is 8.26. The molecule has 3 heteroatoms. The van der Waals surface area contributed by atoms with Crippen molar-refractivity contribution >= 4 is 5.97 Å². The van der Waals surface area contributed by atoms with Crippen molar-refractivity contribution in [1.82, 2.24) is 5.32 Å². The topological polar surface area (TPSA) is 38.3 Å². The number of benzene rings is 1. The van der Waals surface area contributed by atoms with Gasteiger partial charge in [-0.2, -0.15) is 0 Å². The maximum atomic E-state index is 12.8. The SMILES string of the molecule is CCOC(=O)C1(CCCNC)CC=CCC1c1ccccc1. The van der Waals surface area contributed by atoms with Crippen LogP contribution in [0.2, 0.25) is 0 Å². The minimum absolute atomic E-state index is 0.0377. The molecule has 0 amide bonds. The fraction of sp³-hybridized carbons (Fsp3) is 0.526. The highest BCUT2D eigenvalue weighted by Crippen LogP contribution is 2.48. The van der Waals surface area contributed by atoms with Crippen molar-refractivity contribution in [2.45, 2.75) is 38.5 Å². The van der Waals surface area contributed by atoms with Gasteiger partial charge in [-0.1, -0.05) is 42.5 Å². The van der Waals surface area contributed by atoms with Crippen molar-refractivity contribution in [1.29, 1.82) is 0 Å². The smallest absolute Gasteiger partial charge is 0.313 e. The van der Waals surface area contributed by atoms with E-state index in [2.05, 4.69) is 41.7 Å². The van der Waals surface area contributed by atoms with E-state index in [4.69, 9.17) is 4.74 Å². The third-order valence-corrected chi connectivity index (χ3v) is 4.62. The minimum atomic E-state index is -0.428. The highest BCUT2D eigenvalue weighted by Gasteiger charge is 2.46. The molecule has 2 unspecified atom stereocenters. The molecule has 0 radical (unpaired) electrons. The van der Waals surface area contributed by atoms with Crippen LogP contribution in [-0.2, 0) is 9.53 Å². The molecular weight excluding hydrogens is 274 g/mol. The molecule has 1 N–H and O–H groups in total. The van der Waals surface area contributed by atoms with Gasteiger partial charge in [0.1, 0.15) is 0 Å². The van der Waals surface area contributed by atoms with Gasteiger partial charge in [-0.3, -0.25) is 4.79 Å². The van der Waals surface area contributed by atoms with E-state index in [-0.39, 0.29) is 11.9 Å². The van der Waals surface area contributed by atoms with Crippen LogP contribution < -0.4 is 5.32 Å². The van der Waals surface area contributed by atoms with E-state index in [0.29, 0.717) is 6.61 Å². The van der Waals surface area contributed by atoms with Gasteiger partial charge in [0.25, 0.3) is 0 Å². The highest BCUT2D eigenvalue weighted by molar-refractivity contribution is 5.79. The van der Waals surface area contributed by atoms with Crippen LogP contribution in [-0.4, -0.2) is 26.2 Å². The Kier molecular flexibility index (Phi) is 6.20. The van der Waals surface area contributed by atoms with Crippen molar-refractivity contribution < 1.29 is 9.53 Å². The molecule has 1 aliphatic rings. The fourth-order valence-corrected chi connectivity index (χ4v) is 3.49. The first-order chi connectivity index (χ1) is 10.7. The Morgan fingerprint density at radius 1 is 1.32 bits per heavy atom. The van der Waals surface area contributed by atoms with Crippen molar-refractivity contribution in [2.24, 2.45) is 5.41 Å². The summed E-state index contributed by atoms with van der Waals surface area (Å²) in [6, 6.07) is 10.4. The number of hydrogen-bond acceptors (Lipinski definition) is 3. The van der Waals surface area contributed by atoms with Gasteiger partial charge in [-0.15, -0.1) is 0 Å². The van der Waals surface area contributed by atoms with Crippen molar-refractivity contribution in [3.05, 3.63) is 48.0 Å². The summed E-state index contributed by atoms with van der Waals surface area (Å²) in [4.78, 5) is 12.8. The van der Waals surface area contributed by atoms with E-state index in [0.717, 1.165) is 32.2 Å². The Morgan fingerprint density at radius 2 is 2.09 bits per heavy atom. The maximum absolute atomic E-state index is 12.8. The Labute approximate surface area is 133 Å². The number of rotatable bonds is 7. The quantitative estimate of drug-likeness (QED) is 0.474. The average Bonchev–Trinajstić information content (AvgIpc) is 2.56. The summed E-state index contributed by atoms with van der Waals surface area (Å²) in [7, 11) is 1.95. The molecule has 0 aliphatic heterocycles. The second-order valence-corrected chi connectivity index (χ2v) is 5.96. The van der Waals surface area contributed by atoms with Crippen LogP contribution in [0.1, 0.15) is 44.1 Å². The van der Waals surface area contributed by atoms with E-state index in [1.54, 1.807) is 0 Å². The lowest BCUT2D eigenvalue weighted by Gasteiger charge is -2.40. The number of ether oxygens (including phenoxy) is 1. The predicted molar refractivity (Wildman–Crippen MR) is 89.8 cm³/mol. The molecule has 0 heterocycles. The number of carbonyl (C=O) groups excluding carboxylic acids is 1. The average molecular weight is 301 g/mol. The summed E-state index contributed by atoms with van der Waals surface area (Å²) >= 11 is 0. The van der Waals surface area contributed by atoms with E-state index in [1.165, 1.54) is 5.56 Å². The molecule has 0 bridgehead atoms. The monoisotopic (exact) mass is 301 g/mol. The Morgan fingerprint density at radius 3 is 2.77 bits per heavy atom. The van der Waals surface area contributed by atoms with Crippen molar-refractivity contribution in [3.63, 3.8) is 0 Å². The molecule has 3 nitrogen and oxygen atoms in total. The van der Waals surface area contributed by atoms with Crippen LogP contribution in [0, 0.1) is 5.41 Å². The number of carbonyl (C=O) groups is 1. The normalized spacial score (nSPS) is 24.2. The second-order valence-electron chi connectivity index (χ2n) is 5.96. The van der Waals surface area contributed by atoms with Gasteiger partial charge in [0.15, 0.2) is 0 Å². The summed E-state index contributed by atoms with van der Waals surface area (Å²) in [6.07, 6.45) is 7.86. The molecule has 2 atom stereocenters. The number of esters is 1. The molecule has 0 spiro atoms. The zero-order chi connectivity index (χ0) is 15.8. The van der Waals surface area contributed by atoms with Gasteiger partial charge in [-0.05, 0) is 51.8 Å². The molecular formula is C19H27NO2. The van der Waals surface area contributed by atoms with Gasteiger partial charge in [0.2, 0.25) is 0 Å². The van der Waals surface area contributed by atoms with E-state index < -0.39 is 5.41 Å². The van der Waals surface area contributed by atoms with E-state index >= 15 is 0 Å². The standard InChI is InChI=1S/C19H27NO2/c1-3-22-18(21)19(14-9-15-20-2)13-8-7-12-17(19)16-10-5-4-6-11-16/h4-8,10-11,17,20H,3,9,12-15H2,1-2H3. The van der Waals surface area contributed by atoms with E-state index in [1.807, 2.05) is 20.0 Å². The lowest BCUT2D eigenvalue weighted by Crippen LogP contribution is -2.40. The molecule has 0 saturated heterocycles. The van der Waals surface area contributed by atoms with Gasteiger partial charge in [-0.25, -0.2) is 0 Å². The molecule has 22 heavy (non-hydrogen) atoms. The molecule has 120 valence electrons. The fourth-order valence-electron chi connectivity index (χ4n) is 3.49. The molecule has 1 aromatic rings. The lowest BCUT2D eigenvalue weighted by atomic mass is 9.63. The Bertz CT molecular complexity index is 497. The third kappa shape index (κ3) is 3.58. The van der Waals surface area contributed by atoms with Crippen LogP contribution in [0.3, 0.4) is 0 Å². The highest BCUT2D eigenvalue weighted by atomic mass is 16.5. The first kappa shape index (κ1) is 16.8. The van der Waals surface area contributed by atoms with E-state index in [9.17, 15) is 4.79 Å². The Hall–Kier alpha value is -1.61. The zero-order valence-corrected chi connectivity index (χ0v) is 13.7. The summed E-state index contributed by atoms with van der Waals surface area (Å²) in [5.41, 5.74) is 0.813.